The Morgan fingerprint density at radius 3 is 1.56 bits per heavy atom. The molecular weight excluding hydrogens is 881 g/mol. The average Bonchev–Trinajstić information content (AvgIpc) is 3.90. The molecule has 12 nitrogen and oxygen atoms in total. The number of aromatic nitrogens is 8. The van der Waals surface area contributed by atoms with E-state index in [9.17, 15) is 26.3 Å². The van der Waals surface area contributed by atoms with Gasteiger partial charge in [0.15, 0.2) is 11.6 Å². The second-order valence-electron chi connectivity index (χ2n) is 15.0. The maximum atomic E-state index is 13.0. The molecule has 0 unspecified atom stereocenters. The van der Waals surface area contributed by atoms with E-state index in [4.69, 9.17) is 20.8 Å². The van der Waals surface area contributed by atoms with Crippen LogP contribution in [0.15, 0.2) is 127 Å². The SMILES string of the molecule is CC1(C)OB(c2ccc3cnn(-c4cccc(C(F)(F)F)n4)c3c2)OC1(C)C.Nc1cncc(-c2ccc3cnn(-c4cccc(C(F)(F)F)n4)c3c2)c1.Nc1cncc(Br)c1. The topological polar surface area (TPSA) is 158 Å². The molecule has 8 aromatic rings. The number of alkyl halides is 6. The molecule has 62 heavy (non-hydrogen) atoms. The van der Waals surface area contributed by atoms with Crippen LogP contribution in [0.2, 0.25) is 0 Å². The van der Waals surface area contributed by atoms with Crippen molar-refractivity contribution >= 4 is 61.7 Å². The van der Waals surface area contributed by atoms with Crippen molar-refractivity contribution in [3.8, 4) is 22.8 Å². The van der Waals surface area contributed by atoms with Crippen LogP contribution < -0.4 is 16.9 Å². The van der Waals surface area contributed by atoms with Crippen molar-refractivity contribution in [3.05, 3.63) is 138 Å². The molecule has 0 saturated carbocycles. The van der Waals surface area contributed by atoms with Crippen LogP contribution in [-0.4, -0.2) is 57.8 Å². The summed E-state index contributed by atoms with van der Waals surface area (Å²) in [4.78, 5) is 15.3. The van der Waals surface area contributed by atoms with Gasteiger partial charge in [0.1, 0.15) is 11.4 Å². The molecule has 6 aromatic heterocycles. The van der Waals surface area contributed by atoms with Gasteiger partial charge in [-0.1, -0.05) is 36.4 Å². The van der Waals surface area contributed by atoms with Crippen LogP contribution in [0, 0.1) is 0 Å². The second kappa shape index (κ2) is 16.8. The predicted molar refractivity (Wildman–Crippen MR) is 227 cm³/mol. The van der Waals surface area contributed by atoms with E-state index in [2.05, 4.69) is 46.1 Å². The quantitative estimate of drug-likeness (QED) is 0.129. The number of fused-ring (bicyclic) bond motifs is 2. The Hall–Kier alpha value is -6.38. The van der Waals surface area contributed by atoms with Gasteiger partial charge in [-0.05, 0) is 103 Å². The lowest BCUT2D eigenvalue weighted by Crippen LogP contribution is -2.41. The van der Waals surface area contributed by atoms with E-state index >= 15 is 0 Å². The van der Waals surface area contributed by atoms with Gasteiger partial charge < -0.3 is 20.8 Å². The van der Waals surface area contributed by atoms with Crippen LogP contribution in [0.3, 0.4) is 0 Å². The van der Waals surface area contributed by atoms with Crippen LogP contribution in [0.4, 0.5) is 37.7 Å². The molecule has 1 fully saturated rings. The number of rotatable bonds is 4. The molecule has 0 radical (unpaired) electrons. The van der Waals surface area contributed by atoms with Gasteiger partial charge in [-0.15, -0.1) is 0 Å². The number of anilines is 2. The van der Waals surface area contributed by atoms with Crippen molar-refractivity contribution in [1.82, 2.24) is 39.5 Å². The van der Waals surface area contributed by atoms with Gasteiger partial charge in [0.05, 0.1) is 46.0 Å². The van der Waals surface area contributed by atoms with Gasteiger partial charge in [0, 0.05) is 45.6 Å². The molecule has 1 saturated heterocycles. The summed E-state index contributed by atoms with van der Waals surface area (Å²) in [6, 6.07) is 22.1. The lowest BCUT2D eigenvalue weighted by molar-refractivity contribution is -0.141. The minimum absolute atomic E-state index is 0.0934. The summed E-state index contributed by atoms with van der Waals surface area (Å²) in [7, 11) is -0.577. The van der Waals surface area contributed by atoms with E-state index in [1.54, 1.807) is 49.3 Å². The molecule has 1 aliphatic heterocycles. The highest BCUT2D eigenvalue weighted by molar-refractivity contribution is 9.10. The van der Waals surface area contributed by atoms with Crippen LogP contribution in [0.1, 0.15) is 39.1 Å². The highest BCUT2D eigenvalue weighted by atomic mass is 79.9. The van der Waals surface area contributed by atoms with E-state index in [0.29, 0.717) is 22.4 Å². The fourth-order valence-corrected chi connectivity index (χ4v) is 6.55. The zero-order chi connectivity index (χ0) is 44.6. The predicted octanol–water partition coefficient (Wildman–Crippen LogP) is 9.25. The smallest absolute Gasteiger partial charge is 0.399 e. The maximum Gasteiger partial charge on any atom is 0.494 e. The molecule has 20 heteroatoms. The zero-order valence-electron chi connectivity index (χ0n) is 33.3. The lowest BCUT2D eigenvalue weighted by atomic mass is 9.79. The highest BCUT2D eigenvalue weighted by Gasteiger charge is 2.51. The number of benzene rings is 2. The first-order chi connectivity index (χ1) is 29.2. The summed E-state index contributed by atoms with van der Waals surface area (Å²) >= 11 is 3.22. The maximum absolute atomic E-state index is 13.0. The Morgan fingerprint density at radius 1 is 0.581 bits per heavy atom. The Labute approximate surface area is 359 Å². The lowest BCUT2D eigenvalue weighted by Gasteiger charge is -2.32. The number of hydrogen-bond acceptors (Lipinski definition) is 10. The van der Waals surface area contributed by atoms with Crippen molar-refractivity contribution in [2.45, 2.75) is 51.2 Å². The van der Waals surface area contributed by atoms with E-state index in [1.165, 1.54) is 33.6 Å². The first kappa shape index (κ1) is 43.7. The highest BCUT2D eigenvalue weighted by Crippen LogP contribution is 2.37. The van der Waals surface area contributed by atoms with Gasteiger partial charge >= 0.3 is 19.5 Å². The van der Waals surface area contributed by atoms with Crippen molar-refractivity contribution < 1.29 is 35.7 Å². The average molecular weight is 918 g/mol. The number of hydrogen-bond donors (Lipinski definition) is 2. The van der Waals surface area contributed by atoms with Crippen molar-refractivity contribution in [3.63, 3.8) is 0 Å². The monoisotopic (exact) mass is 916 g/mol. The number of pyridine rings is 4. The summed E-state index contributed by atoms with van der Waals surface area (Å²) in [6.45, 7) is 7.84. The number of nitrogen functional groups attached to an aromatic ring is 2. The van der Waals surface area contributed by atoms with Gasteiger partial charge in [-0.2, -0.15) is 36.5 Å². The third-order valence-electron chi connectivity index (χ3n) is 9.99. The Morgan fingerprint density at radius 2 is 1.08 bits per heavy atom. The molecule has 0 amide bonds. The van der Waals surface area contributed by atoms with Crippen LogP contribution in [-0.2, 0) is 21.7 Å². The first-order valence-electron chi connectivity index (χ1n) is 18.7. The molecule has 4 N–H and O–H groups in total. The number of halogens is 7. The zero-order valence-corrected chi connectivity index (χ0v) is 34.9. The fraction of sp³-hybridized carbons (Fsp3) is 0.190. The largest absolute Gasteiger partial charge is 0.494 e. The van der Waals surface area contributed by atoms with Gasteiger partial charge in [0.25, 0.3) is 0 Å². The van der Waals surface area contributed by atoms with Gasteiger partial charge in [-0.25, -0.2) is 19.3 Å². The number of nitrogens with two attached hydrogens (primary N) is 2. The minimum atomic E-state index is -4.52. The molecule has 9 rings (SSSR count). The third-order valence-corrected chi connectivity index (χ3v) is 10.4. The molecule has 0 aliphatic carbocycles. The van der Waals surface area contributed by atoms with E-state index in [0.717, 1.165) is 44.0 Å². The summed E-state index contributed by atoms with van der Waals surface area (Å²) in [5, 5.41) is 9.97. The normalized spacial score (nSPS) is 14.6. The summed E-state index contributed by atoms with van der Waals surface area (Å²) in [5.41, 5.74) is 13.1. The molecule has 318 valence electrons. The Balaban J connectivity index is 0.000000159. The summed E-state index contributed by atoms with van der Waals surface area (Å²) in [6.07, 6.45) is 0.634. The second-order valence-corrected chi connectivity index (χ2v) is 15.9. The minimum Gasteiger partial charge on any atom is -0.399 e. The summed E-state index contributed by atoms with van der Waals surface area (Å²) in [5.74, 6) is 0.188. The van der Waals surface area contributed by atoms with E-state index in [1.807, 2.05) is 64.1 Å². The Kier molecular flexibility index (Phi) is 11.9. The molecule has 7 heterocycles. The molecule has 0 bridgehead atoms. The van der Waals surface area contributed by atoms with Crippen molar-refractivity contribution in [2.24, 2.45) is 0 Å². The molecule has 1 aliphatic rings. The molecule has 2 aromatic carbocycles. The van der Waals surface area contributed by atoms with Crippen LogP contribution >= 0.6 is 15.9 Å². The van der Waals surface area contributed by atoms with Crippen molar-refractivity contribution in [1.29, 1.82) is 0 Å². The molecule has 0 spiro atoms. The Bertz CT molecular complexity index is 2850. The third kappa shape index (κ3) is 9.56. The fourth-order valence-electron chi connectivity index (χ4n) is 6.17. The van der Waals surface area contributed by atoms with Crippen LogP contribution in [0.25, 0.3) is 44.6 Å². The van der Waals surface area contributed by atoms with Crippen molar-refractivity contribution in [2.75, 3.05) is 11.5 Å². The number of nitrogens with zero attached hydrogens (tertiary/aromatic N) is 8. The van der Waals surface area contributed by atoms with Crippen LogP contribution in [0.5, 0.6) is 0 Å². The van der Waals surface area contributed by atoms with E-state index in [-0.39, 0.29) is 11.6 Å². The van der Waals surface area contributed by atoms with Gasteiger partial charge in [0.2, 0.25) is 0 Å². The van der Waals surface area contributed by atoms with E-state index < -0.39 is 42.1 Å². The molecule has 0 atom stereocenters. The molecular formula is C42H36BBrF6N10O2. The summed E-state index contributed by atoms with van der Waals surface area (Å²) < 4.78 is 93.7. The standard InChI is InChI=1S/C19H19BF3N3O2.C18H12F3N5.C5H5BrN2/c1-17(2)18(3,4)28-20(27-17)13-9-8-12-11-24-26(14(12)10-13)16-7-5-6-15(25-16)19(21,22)23;19-18(20,21)16-2-1-3-17(25-16)26-15-7-11(4-5-12(15)9-24-26)13-6-14(22)10-23-8-13;6-4-1-5(7)3-8-2-4/h5-11H,1-4H3;1-10H,22H2;1-3H,7H2. The first-order valence-corrected chi connectivity index (χ1v) is 19.5. The van der Waals surface area contributed by atoms with Gasteiger partial charge in [-0.3, -0.25) is 9.97 Å².